The zero-order valence-corrected chi connectivity index (χ0v) is 11.8. The molecule has 0 spiro atoms. The number of carbonyl (C=O) groups is 2. The first-order valence-corrected chi connectivity index (χ1v) is 7.28. The summed E-state index contributed by atoms with van der Waals surface area (Å²) in [6.45, 7) is 2.01. The highest BCUT2D eigenvalue weighted by Crippen LogP contribution is 2.30. The van der Waals surface area contributed by atoms with E-state index in [9.17, 15) is 9.59 Å². The Balaban J connectivity index is 1.60. The topological polar surface area (TPSA) is 79.5 Å². The fourth-order valence-electron chi connectivity index (χ4n) is 2.72. The van der Waals surface area contributed by atoms with Crippen molar-refractivity contribution in [3.63, 3.8) is 0 Å². The van der Waals surface area contributed by atoms with Crippen LogP contribution in [0.1, 0.15) is 19.3 Å². The number of fused-ring (bicyclic) bond motifs is 1. The first-order chi connectivity index (χ1) is 10.2. The van der Waals surface area contributed by atoms with Crippen molar-refractivity contribution in [3.05, 3.63) is 18.2 Å². The number of amides is 2. The van der Waals surface area contributed by atoms with Gasteiger partial charge in [0.2, 0.25) is 5.91 Å². The standard InChI is InChI=1S/C15H19N3O3/c19-14(7-10-3-5-16-6-4-10)17-11-1-2-13-12(8-11)18-15(20)9-21-13/h1-2,8,10,16H,3-7,9H2,(H,17,19)(H,18,20). The summed E-state index contributed by atoms with van der Waals surface area (Å²) in [4.78, 5) is 23.4. The Morgan fingerprint density at radius 1 is 1.33 bits per heavy atom. The average molecular weight is 289 g/mol. The molecule has 1 aromatic carbocycles. The number of carbonyl (C=O) groups excluding carboxylic acids is 2. The van der Waals surface area contributed by atoms with E-state index in [1.165, 1.54) is 0 Å². The molecule has 6 heteroatoms. The number of nitrogens with one attached hydrogen (secondary N) is 3. The minimum Gasteiger partial charge on any atom is -0.482 e. The highest BCUT2D eigenvalue weighted by molar-refractivity contribution is 5.97. The average Bonchev–Trinajstić information content (AvgIpc) is 2.47. The molecule has 3 rings (SSSR count). The van der Waals surface area contributed by atoms with Gasteiger partial charge in [-0.15, -0.1) is 0 Å². The van der Waals surface area contributed by atoms with E-state index in [0.29, 0.717) is 29.5 Å². The van der Waals surface area contributed by atoms with Crippen LogP contribution in [0.5, 0.6) is 5.75 Å². The van der Waals surface area contributed by atoms with Crippen LogP contribution in [-0.2, 0) is 9.59 Å². The quantitative estimate of drug-likeness (QED) is 0.784. The van der Waals surface area contributed by atoms with Gasteiger partial charge in [-0.1, -0.05) is 0 Å². The van der Waals surface area contributed by atoms with Gasteiger partial charge in [-0.05, 0) is 50.0 Å². The lowest BCUT2D eigenvalue weighted by Crippen LogP contribution is -2.30. The van der Waals surface area contributed by atoms with Crippen molar-refractivity contribution in [1.82, 2.24) is 5.32 Å². The van der Waals surface area contributed by atoms with E-state index in [1.54, 1.807) is 18.2 Å². The highest BCUT2D eigenvalue weighted by Gasteiger charge is 2.19. The van der Waals surface area contributed by atoms with Crippen LogP contribution in [0.4, 0.5) is 11.4 Å². The van der Waals surface area contributed by atoms with Crippen LogP contribution >= 0.6 is 0 Å². The third-order valence-electron chi connectivity index (χ3n) is 3.83. The summed E-state index contributed by atoms with van der Waals surface area (Å²) in [5.74, 6) is 0.920. The SMILES string of the molecule is O=C(CC1CCNCC1)Nc1ccc2c(c1)NC(=O)CO2. The van der Waals surface area contributed by atoms with Gasteiger partial charge in [0.1, 0.15) is 5.75 Å². The molecule has 112 valence electrons. The first-order valence-electron chi connectivity index (χ1n) is 7.28. The van der Waals surface area contributed by atoms with Crippen LogP contribution < -0.4 is 20.7 Å². The lowest BCUT2D eigenvalue weighted by atomic mass is 9.94. The normalized spacial score (nSPS) is 18.4. The molecule has 1 aromatic rings. The molecule has 2 amide bonds. The summed E-state index contributed by atoms with van der Waals surface area (Å²) in [7, 11) is 0. The zero-order chi connectivity index (χ0) is 14.7. The Labute approximate surface area is 123 Å². The van der Waals surface area contributed by atoms with Crippen LogP contribution in [0, 0.1) is 5.92 Å². The summed E-state index contributed by atoms with van der Waals surface area (Å²) in [5.41, 5.74) is 1.28. The van der Waals surface area contributed by atoms with Crippen LogP contribution in [-0.4, -0.2) is 31.5 Å². The number of hydrogen-bond donors (Lipinski definition) is 3. The summed E-state index contributed by atoms with van der Waals surface area (Å²) >= 11 is 0. The molecule has 1 saturated heterocycles. The van der Waals surface area contributed by atoms with Gasteiger partial charge in [0, 0.05) is 12.1 Å². The zero-order valence-electron chi connectivity index (χ0n) is 11.8. The molecule has 21 heavy (non-hydrogen) atoms. The Kier molecular flexibility index (Phi) is 4.06. The second-order valence-corrected chi connectivity index (χ2v) is 5.49. The van der Waals surface area contributed by atoms with Crippen LogP contribution in [0.25, 0.3) is 0 Å². The third kappa shape index (κ3) is 3.52. The van der Waals surface area contributed by atoms with Crippen molar-refractivity contribution in [3.8, 4) is 5.75 Å². The molecule has 2 heterocycles. The molecule has 0 aromatic heterocycles. The Bertz CT molecular complexity index is 553. The second kappa shape index (κ2) is 6.13. The van der Waals surface area contributed by atoms with E-state index >= 15 is 0 Å². The summed E-state index contributed by atoms with van der Waals surface area (Å²) in [6, 6.07) is 5.28. The smallest absolute Gasteiger partial charge is 0.262 e. The maximum Gasteiger partial charge on any atom is 0.262 e. The fourth-order valence-corrected chi connectivity index (χ4v) is 2.72. The van der Waals surface area contributed by atoms with Gasteiger partial charge < -0.3 is 20.7 Å². The van der Waals surface area contributed by atoms with Gasteiger partial charge in [0.15, 0.2) is 6.61 Å². The predicted octanol–water partition coefficient (Wildman–Crippen LogP) is 1.35. The van der Waals surface area contributed by atoms with Gasteiger partial charge in [-0.25, -0.2) is 0 Å². The van der Waals surface area contributed by atoms with Crippen molar-refractivity contribution >= 4 is 23.2 Å². The molecule has 0 unspecified atom stereocenters. The van der Waals surface area contributed by atoms with Crippen molar-refractivity contribution < 1.29 is 14.3 Å². The van der Waals surface area contributed by atoms with Crippen molar-refractivity contribution in [2.75, 3.05) is 30.3 Å². The largest absolute Gasteiger partial charge is 0.482 e. The van der Waals surface area contributed by atoms with Crippen LogP contribution in [0.15, 0.2) is 18.2 Å². The molecule has 0 bridgehead atoms. The molecule has 0 saturated carbocycles. The number of rotatable bonds is 3. The molecule has 0 atom stereocenters. The predicted molar refractivity (Wildman–Crippen MR) is 79.4 cm³/mol. The molecule has 3 N–H and O–H groups in total. The molecule has 2 aliphatic heterocycles. The third-order valence-corrected chi connectivity index (χ3v) is 3.83. The van der Waals surface area contributed by atoms with E-state index in [1.807, 2.05) is 0 Å². The van der Waals surface area contributed by atoms with Crippen molar-refractivity contribution in [2.24, 2.45) is 5.92 Å². The molecule has 0 radical (unpaired) electrons. The van der Waals surface area contributed by atoms with Crippen LogP contribution in [0.2, 0.25) is 0 Å². The highest BCUT2D eigenvalue weighted by atomic mass is 16.5. The van der Waals surface area contributed by atoms with Gasteiger partial charge >= 0.3 is 0 Å². The van der Waals surface area contributed by atoms with E-state index in [-0.39, 0.29) is 18.4 Å². The number of anilines is 2. The molecule has 0 aliphatic carbocycles. The van der Waals surface area contributed by atoms with Crippen molar-refractivity contribution in [2.45, 2.75) is 19.3 Å². The first kappa shape index (κ1) is 13.9. The van der Waals surface area contributed by atoms with Gasteiger partial charge in [-0.3, -0.25) is 9.59 Å². The monoisotopic (exact) mass is 289 g/mol. The summed E-state index contributed by atoms with van der Waals surface area (Å²) in [6.07, 6.45) is 2.63. The maximum atomic E-state index is 12.1. The Morgan fingerprint density at radius 2 is 2.14 bits per heavy atom. The van der Waals surface area contributed by atoms with Crippen LogP contribution in [0.3, 0.4) is 0 Å². The maximum absolute atomic E-state index is 12.1. The van der Waals surface area contributed by atoms with E-state index in [4.69, 9.17) is 4.74 Å². The minimum absolute atomic E-state index is 0.0184. The van der Waals surface area contributed by atoms with E-state index in [0.717, 1.165) is 25.9 Å². The number of hydrogen-bond acceptors (Lipinski definition) is 4. The Morgan fingerprint density at radius 3 is 2.95 bits per heavy atom. The van der Waals surface area contributed by atoms with E-state index < -0.39 is 0 Å². The Hall–Kier alpha value is -2.08. The minimum atomic E-state index is -0.180. The molecular weight excluding hydrogens is 270 g/mol. The number of piperidine rings is 1. The summed E-state index contributed by atoms with van der Waals surface area (Å²) in [5, 5.41) is 8.91. The lowest BCUT2D eigenvalue weighted by molar-refractivity contribution is -0.118. The lowest BCUT2D eigenvalue weighted by Gasteiger charge is -2.22. The molecule has 6 nitrogen and oxygen atoms in total. The fraction of sp³-hybridized carbons (Fsp3) is 0.467. The summed E-state index contributed by atoms with van der Waals surface area (Å²) < 4.78 is 5.29. The van der Waals surface area contributed by atoms with Gasteiger partial charge in [-0.2, -0.15) is 0 Å². The van der Waals surface area contributed by atoms with Gasteiger partial charge in [0.05, 0.1) is 5.69 Å². The van der Waals surface area contributed by atoms with Gasteiger partial charge in [0.25, 0.3) is 5.91 Å². The van der Waals surface area contributed by atoms with Crippen molar-refractivity contribution in [1.29, 1.82) is 0 Å². The molecular formula is C15H19N3O3. The second-order valence-electron chi connectivity index (χ2n) is 5.49. The molecule has 2 aliphatic rings. The molecule has 1 fully saturated rings. The number of benzene rings is 1. The number of ether oxygens (including phenoxy) is 1. The van der Waals surface area contributed by atoms with E-state index in [2.05, 4.69) is 16.0 Å².